The maximum Gasteiger partial charge on any atom is 0.0305 e. The molecule has 1 heterocycles. The fourth-order valence-corrected chi connectivity index (χ4v) is 2.68. The lowest BCUT2D eigenvalue weighted by Gasteiger charge is -2.12. The summed E-state index contributed by atoms with van der Waals surface area (Å²) in [5.74, 6) is 1.75. The van der Waals surface area contributed by atoms with E-state index in [1.165, 1.54) is 19.3 Å². The van der Waals surface area contributed by atoms with Crippen LogP contribution in [0.25, 0.3) is 0 Å². The molecule has 0 radical (unpaired) electrons. The topological polar surface area (TPSA) is 12.9 Å². The van der Waals surface area contributed by atoms with Gasteiger partial charge in [0, 0.05) is 12.4 Å². The lowest BCUT2D eigenvalue weighted by molar-refractivity contribution is 0.713. The second-order valence-electron chi connectivity index (χ2n) is 3.71. The molecule has 2 aliphatic carbocycles. The van der Waals surface area contributed by atoms with Crippen LogP contribution in [-0.2, 0) is 0 Å². The number of nitrogens with zero attached hydrogens (tertiary/aromatic N) is 1. The summed E-state index contributed by atoms with van der Waals surface area (Å²) in [4.78, 5) is 4.18. The van der Waals surface area contributed by atoms with E-state index in [4.69, 9.17) is 0 Å². The van der Waals surface area contributed by atoms with Crippen molar-refractivity contribution in [2.45, 2.75) is 44.9 Å². The van der Waals surface area contributed by atoms with E-state index in [9.17, 15) is 0 Å². The maximum absolute atomic E-state index is 4.18. The molecule has 2 unspecified atom stereocenters. The van der Waals surface area contributed by atoms with Gasteiger partial charge in [-0.2, -0.15) is 0 Å². The van der Waals surface area contributed by atoms with Gasteiger partial charge in [-0.05, 0) is 48.3 Å². The van der Waals surface area contributed by atoms with Crippen LogP contribution in [-0.4, -0.2) is 4.98 Å². The third-order valence-electron chi connectivity index (χ3n) is 3.20. The molecule has 1 heteroatoms. The first-order chi connectivity index (χ1) is 6.45. The van der Waals surface area contributed by atoms with Crippen molar-refractivity contribution in [2.75, 3.05) is 0 Å². The Labute approximate surface area is 80.2 Å². The summed E-state index contributed by atoms with van der Waals surface area (Å²) in [6.07, 6.45) is 8.23. The first kappa shape index (κ1) is 8.74. The summed E-state index contributed by atoms with van der Waals surface area (Å²) in [6.45, 7) is 4.00. The van der Waals surface area contributed by atoms with Crippen LogP contribution in [0, 0.1) is 0 Å². The molecule has 2 bridgehead atoms. The van der Waals surface area contributed by atoms with Crippen molar-refractivity contribution in [1.82, 2.24) is 4.98 Å². The minimum Gasteiger partial charge on any atom is -0.264 e. The van der Waals surface area contributed by atoms with Crippen molar-refractivity contribution in [3.8, 4) is 0 Å². The van der Waals surface area contributed by atoms with E-state index in [-0.39, 0.29) is 0 Å². The molecule has 0 amide bonds. The molecule has 1 nitrogen and oxygen atoms in total. The molecular formula is C12H17N. The van der Waals surface area contributed by atoms with Crippen molar-refractivity contribution in [1.29, 1.82) is 0 Å². The van der Waals surface area contributed by atoms with E-state index in [2.05, 4.69) is 17.2 Å². The predicted octanol–water partition coefficient (Wildman–Crippen LogP) is 3.47. The number of rotatable bonds is 0. The summed E-state index contributed by atoms with van der Waals surface area (Å²) in [7, 11) is 0. The van der Waals surface area contributed by atoms with Crippen LogP contribution in [0.5, 0.6) is 0 Å². The monoisotopic (exact) mass is 175 g/mol. The van der Waals surface area contributed by atoms with Gasteiger partial charge in [0.25, 0.3) is 0 Å². The number of hydrogen-bond acceptors (Lipinski definition) is 1. The molecule has 70 valence electrons. The van der Waals surface area contributed by atoms with Gasteiger partial charge < -0.3 is 0 Å². The van der Waals surface area contributed by atoms with Crippen molar-refractivity contribution >= 4 is 0 Å². The lowest BCUT2D eigenvalue weighted by atomic mass is 9.94. The zero-order valence-corrected chi connectivity index (χ0v) is 8.46. The average Bonchev–Trinajstić information content (AvgIpc) is 2.82. The van der Waals surface area contributed by atoms with Gasteiger partial charge in [0.05, 0.1) is 0 Å². The zero-order chi connectivity index (χ0) is 9.26. The Morgan fingerprint density at radius 1 is 1.15 bits per heavy atom. The Balaban J connectivity index is 0.000000308. The third-order valence-corrected chi connectivity index (χ3v) is 3.20. The fraction of sp³-hybridized carbons (Fsp3) is 0.583. The van der Waals surface area contributed by atoms with Crippen LogP contribution in [0.4, 0.5) is 0 Å². The smallest absolute Gasteiger partial charge is 0.0305 e. The van der Waals surface area contributed by atoms with Crippen molar-refractivity contribution in [3.63, 3.8) is 0 Å². The van der Waals surface area contributed by atoms with E-state index in [1.807, 2.05) is 20.0 Å². The molecule has 0 saturated heterocycles. The molecule has 2 atom stereocenters. The van der Waals surface area contributed by atoms with E-state index in [0.29, 0.717) is 0 Å². The van der Waals surface area contributed by atoms with E-state index in [1.54, 1.807) is 11.1 Å². The highest BCUT2D eigenvalue weighted by Gasteiger charge is 2.36. The highest BCUT2D eigenvalue weighted by atomic mass is 14.6. The summed E-state index contributed by atoms with van der Waals surface area (Å²) >= 11 is 0. The molecule has 1 aromatic heterocycles. The van der Waals surface area contributed by atoms with Crippen molar-refractivity contribution in [2.24, 2.45) is 0 Å². The van der Waals surface area contributed by atoms with Crippen LogP contribution in [0.2, 0.25) is 0 Å². The molecule has 2 aliphatic rings. The molecule has 0 N–H and O–H groups in total. The minimum atomic E-state index is 0.865. The van der Waals surface area contributed by atoms with Gasteiger partial charge in [-0.15, -0.1) is 0 Å². The van der Waals surface area contributed by atoms with Gasteiger partial charge in [-0.1, -0.05) is 13.8 Å². The van der Waals surface area contributed by atoms with Crippen LogP contribution in [0.1, 0.15) is 56.1 Å². The third kappa shape index (κ3) is 1.27. The first-order valence-corrected chi connectivity index (χ1v) is 5.39. The van der Waals surface area contributed by atoms with Gasteiger partial charge >= 0.3 is 0 Å². The number of aromatic nitrogens is 1. The van der Waals surface area contributed by atoms with Crippen LogP contribution < -0.4 is 0 Å². The largest absolute Gasteiger partial charge is 0.264 e. The van der Waals surface area contributed by atoms with Crippen LogP contribution >= 0.6 is 0 Å². The number of hydrogen-bond donors (Lipinski definition) is 0. The number of fused-ring (bicyclic) bond motifs is 5. The maximum atomic E-state index is 4.18. The van der Waals surface area contributed by atoms with E-state index < -0.39 is 0 Å². The first-order valence-electron chi connectivity index (χ1n) is 5.39. The molecule has 13 heavy (non-hydrogen) atoms. The molecule has 0 aromatic carbocycles. The highest BCUT2D eigenvalue weighted by molar-refractivity contribution is 5.38. The van der Waals surface area contributed by atoms with Crippen molar-refractivity contribution in [3.05, 3.63) is 29.6 Å². The Kier molecular flexibility index (Phi) is 2.34. The standard InChI is InChI=1S/C10H11N.C2H6/c1-2-8-5-7(1)9-3-4-11-6-10(8)9;1-2/h3-4,6-8H,1-2,5H2;1-2H3. The van der Waals surface area contributed by atoms with Gasteiger partial charge in [0.15, 0.2) is 0 Å². The second-order valence-corrected chi connectivity index (χ2v) is 3.71. The SMILES string of the molecule is CC.c1cc2c(cn1)C1CCC2C1. The Morgan fingerprint density at radius 3 is 2.54 bits per heavy atom. The molecular weight excluding hydrogens is 158 g/mol. The normalized spacial score (nSPS) is 27.8. The van der Waals surface area contributed by atoms with Crippen molar-refractivity contribution < 1.29 is 0 Å². The molecule has 0 aliphatic heterocycles. The minimum absolute atomic E-state index is 0.865. The molecule has 3 rings (SSSR count). The molecule has 1 fully saturated rings. The van der Waals surface area contributed by atoms with E-state index in [0.717, 1.165) is 11.8 Å². The molecule has 1 aromatic rings. The molecule has 1 saturated carbocycles. The quantitative estimate of drug-likeness (QED) is 0.588. The van der Waals surface area contributed by atoms with Gasteiger partial charge in [0.1, 0.15) is 0 Å². The lowest BCUT2D eigenvalue weighted by Crippen LogP contribution is -1.97. The average molecular weight is 175 g/mol. The summed E-state index contributed by atoms with van der Waals surface area (Å²) in [6, 6.07) is 2.21. The highest BCUT2D eigenvalue weighted by Crippen LogP contribution is 2.52. The summed E-state index contributed by atoms with van der Waals surface area (Å²) in [5, 5.41) is 0. The Hall–Kier alpha value is -0.850. The van der Waals surface area contributed by atoms with Gasteiger partial charge in [0.2, 0.25) is 0 Å². The Bertz CT molecular complexity index is 264. The summed E-state index contributed by atoms with van der Waals surface area (Å²) in [5.41, 5.74) is 3.14. The number of pyridine rings is 1. The fourth-order valence-electron chi connectivity index (χ4n) is 2.68. The second kappa shape index (κ2) is 3.49. The molecule has 0 spiro atoms. The zero-order valence-electron chi connectivity index (χ0n) is 8.46. The summed E-state index contributed by atoms with van der Waals surface area (Å²) < 4.78 is 0. The van der Waals surface area contributed by atoms with Crippen LogP contribution in [0.15, 0.2) is 18.5 Å². The van der Waals surface area contributed by atoms with E-state index >= 15 is 0 Å². The van der Waals surface area contributed by atoms with Crippen LogP contribution in [0.3, 0.4) is 0 Å². The van der Waals surface area contributed by atoms with Gasteiger partial charge in [-0.25, -0.2) is 0 Å². The van der Waals surface area contributed by atoms with Gasteiger partial charge in [-0.3, -0.25) is 4.98 Å². The Morgan fingerprint density at radius 2 is 1.85 bits per heavy atom. The predicted molar refractivity (Wildman–Crippen MR) is 54.9 cm³/mol.